The van der Waals surface area contributed by atoms with E-state index in [0.29, 0.717) is 18.3 Å². The van der Waals surface area contributed by atoms with Crippen LogP contribution < -0.4 is 9.47 Å². The minimum atomic E-state index is -4.79. The van der Waals surface area contributed by atoms with E-state index in [0.717, 1.165) is 12.1 Å². The SMILES string of the molecule is O=C(c1cccc(OC(F)(F)F)c1)N1CC(Oc2nccs2)C1. The summed E-state index contributed by atoms with van der Waals surface area (Å²) in [6.07, 6.45) is -3.32. The molecule has 0 unspecified atom stereocenters. The van der Waals surface area contributed by atoms with Crippen LogP contribution in [0.15, 0.2) is 35.8 Å². The van der Waals surface area contributed by atoms with Crippen LogP contribution in [-0.4, -0.2) is 41.3 Å². The molecule has 9 heteroatoms. The lowest BCUT2D eigenvalue weighted by Crippen LogP contribution is -2.56. The third-order valence-electron chi connectivity index (χ3n) is 3.13. The zero-order valence-electron chi connectivity index (χ0n) is 11.6. The second-order valence-corrected chi connectivity index (χ2v) is 5.68. The number of nitrogens with zero attached hydrogens (tertiary/aromatic N) is 2. The second-order valence-electron chi connectivity index (χ2n) is 4.82. The molecule has 0 aliphatic carbocycles. The predicted octanol–water partition coefficient (Wildman–Crippen LogP) is 2.95. The molecule has 5 nitrogen and oxygen atoms in total. The predicted molar refractivity (Wildman–Crippen MR) is 75.6 cm³/mol. The molecule has 1 aliphatic rings. The standard InChI is InChI=1S/C14H11F3N2O3S/c15-14(16,17)22-10-3-1-2-9(6-10)12(20)19-7-11(8-19)21-13-18-4-5-23-13/h1-6,11H,7-8H2. The van der Waals surface area contributed by atoms with Gasteiger partial charge in [0, 0.05) is 17.1 Å². The van der Waals surface area contributed by atoms with Crippen LogP contribution >= 0.6 is 11.3 Å². The van der Waals surface area contributed by atoms with Crippen molar-refractivity contribution in [1.82, 2.24) is 9.88 Å². The van der Waals surface area contributed by atoms with Gasteiger partial charge in [0.15, 0.2) is 0 Å². The quantitative estimate of drug-likeness (QED) is 0.856. The van der Waals surface area contributed by atoms with Gasteiger partial charge in [-0.05, 0) is 18.2 Å². The van der Waals surface area contributed by atoms with Crippen LogP contribution in [0.1, 0.15) is 10.4 Å². The van der Waals surface area contributed by atoms with Crippen LogP contribution in [-0.2, 0) is 0 Å². The number of ether oxygens (including phenoxy) is 2. The third kappa shape index (κ3) is 3.92. The number of aromatic nitrogens is 1. The Balaban J connectivity index is 1.58. The number of halogens is 3. The summed E-state index contributed by atoms with van der Waals surface area (Å²) >= 11 is 1.35. The van der Waals surface area contributed by atoms with Crippen LogP contribution in [0.3, 0.4) is 0 Å². The molecule has 1 aliphatic heterocycles. The highest BCUT2D eigenvalue weighted by Gasteiger charge is 2.34. The van der Waals surface area contributed by atoms with Gasteiger partial charge in [0.05, 0.1) is 13.1 Å². The summed E-state index contributed by atoms with van der Waals surface area (Å²) in [6, 6.07) is 5.01. The largest absolute Gasteiger partial charge is 0.573 e. The number of alkyl halides is 3. The fraction of sp³-hybridized carbons (Fsp3) is 0.286. The molecular weight excluding hydrogens is 333 g/mol. The van der Waals surface area contributed by atoms with Crippen molar-refractivity contribution in [3.63, 3.8) is 0 Å². The van der Waals surface area contributed by atoms with E-state index in [9.17, 15) is 18.0 Å². The zero-order chi connectivity index (χ0) is 16.4. The van der Waals surface area contributed by atoms with E-state index in [1.54, 1.807) is 11.6 Å². The molecule has 0 saturated carbocycles. The van der Waals surface area contributed by atoms with E-state index < -0.39 is 12.1 Å². The molecule has 0 spiro atoms. The van der Waals surface area contributed by atoms with Crippen LogP contribution in [0.4, 0.5) is 13.2 Å². The highest BCUT2D eigenvalue weighted by molar-refractivity contribution is 7.11. The first-order valence-electron chi connectivity index (χ1n) is 6.62. The first kappa shape index (κ1) is 15.6. The van der Waals surface area contributed by atoms with Gasteiger partial charge in [0.2, 0.25) is 0 Å². The van der Waals surface area contributed by atoms with Gasteiger partial charge in [0.25, 0.3) is 11.1 Å². The topological polar surface area (TPSA) is 51.7 Å². The van der Waals surface area contributed by atoms with E-state index >= 15 is 0 Å². The van der Waals surface area contributed by atoms with E-state index in [2.05, 4.69) is 9.72 Å². The monoisotopic (exact) mass is 344 g/mol. The van der Waals surface area contributed by atoms with E-state index in [1.165, 1.54) is 28.4 Å². The molecule has 2 heterocycles. The number of benzene rings is 1. The van der Waals surface area contributed by atoms with Gasteiger partial charge in [-0.1, -0.05) is 17.4 Å². The first-order chi connectivity index (χ1) is 10.9. The van der Waals surface area contributed by atoms with Crippen LogP contribution in [0.5, 0.6) is 10.9 Å². The number of hydrogen-bond acceptors (Lipinski definition) is 5. The first-order valence-corrected chi connectivity index (χ1v) is 7.50. The van der Waals surface area contributed by atoms with Gasteiger partial charge in [-0.25, -0.2) is 4.98 Å². The summed E-state index contributed by atoms with van der Waals surface area (Å²) in [5.41, 5.74) is 0.138. The average molecular weight is 344 g/mol. The van der Waals surface area contributed by atoms with Crippen molar-refractivity contribution in [2.45, 2.75) is 12.5 Å². The molecule has 1 fully saturated rings. The Kier molecular flexibility index (Phi) is 4.12. The Hall–Kier alpha value is -2.29. The van der Waals surface area contributed by atoms with Crippen molar-refractivity contribution < 1.29 is 27.4 Å². The number of carbonyl (C=O) groups excluding carboxylic acids is 1. The molecule has 0 bridgehead atoms. The average Bonchev–Trinajstić information content (AvgIpc) is 2.93. The molecule has 1 saturated heterocycles. The Morgan fingerprint density at radius 1 is 1.35 bits per heavy atom. The van der Waals surface area contributed by atoms with Gasteiger partial charge < -0.3 is 14.4 Å². The molecular formula is C14H11F3N2O3S. The molecule has 1 amide bonds. The molecule has 23 heavy (non-hydrogen) atoms. The number of likely N-dealkylation sites (tertiary alicyclic amines) is 1. The molecule has 2 aromatic rings. The summed E-state index contributed by atoms with van der Waals surface area (Å²) in [7, 11) is 0. The van der Waals surface area contributed by atoms with Crippen molar-refractivity contribution in [2.75, 3.05) is 13.1 Å². The molecule has 0 N–H and O–H groups in total. The zero-order valence-corrected chi connectivity index (χ0v) is 12.4. The number of hydrogen-bond donors (Lipinski definition) is 0. The summed E-state index contributed by atoms with van der Waals surface area (Å²) < 4.78 is 46.0. The Bertz CT molecular complexity index is 685. The summed E-state index contributed by atoms with van der Waals surface area (Å²) in [4.78, 5) is 17.7. The van der Waals surface area contributed by atoms with E-state index in [4.69, 9.17) is 4.74 Å². The number of rotatable bonds is 4. The minimum absolute atomic E-state index is 0.138. The maximum Gasteiger partial charge on any atom is 0.573 e. The number of thiazole rings is 1. The van der Waals surface area contributed by atoms with Crippen LogP contribution in [0.25, 0.3) is 0 Å². The lowest BCUT2D eigenvalue weighted by Gasteiger charge is -2.38. The smallest absolute Gasteiger partial charge is 0.463 e. The van der Waals surface area contributed by atoms with E-state index in [-0.39, 0.29) is 17.6 Å². The summed E-state index contributed by atoms with van der Waals surface area (Å²) in [5, 5.41) is 2.31. The van der Waals surface area contributed by atoms with Gasteiger partial charge >= 0.3 is 6.36 Å². The fourth-order valence-electron chi connectivity index (χ4n) is 2.10. The van der Waals surface area contributed by atoms with Crippen molar-refractivity contribution in [2.24, 2.45) is 0 Å². The molecule has 1 aromatic heterocycles. The van der Waals surface area contributed by atoms with Crippen molar-refractivity contribution in [3.05, 3.63) is 41.4 Å². The van der Waals surface area contributed by atoms with Crippen LogP contribution in [0.2, 0.25) is 0 Å². The normalized spacial score (nSPS) is 15.2. The molecule has 1 aromatic carbocycles. The molecule has 0 radical (unpaired) electrons. The maximum absolute atomic E-state index is 12.2. The molecule has 3 rings (SSSR count). The fourth-order valence-corrected chi connectivity index (χ4v) is 2.65. The lowest BCUT2D eigenvalue weighted by atomic mass is 10.1. The molecule has 0 atom stereocenters. The van der Waals surface area contributed by atoms with Crippen molar-refractivity contribution >= 4 is 17.2 Å². The highest BCUT2D eigenvalue weighted by atomic mass is 32.1. The highest BCUT2D eigenvalue weighted by Crippen LogP contribution is 2.25. The summed E-state index contributed by atoms with van der Waals surface area (Å²) in [5.74, 6) is -0.781. The maximum atomic E-state index is 12.2. The van der Waals surface area contributed by atoms with Crippen molar-refractivity contribution in [3.8, 4) is 10.9 Å². The second kappa shape index (κ2) is 6.07. The van der Waals surface area contributed by atoms with E-state index in [1.807, 2.05) is 0 Å². The third-order valence-corrected chi connectivity index (χ3v) is 3.79. The Morgan fingerprint density at radius 3 is 2.78 bits per heavy atom. The lowest BCUT2D eigenvalue weighted by molar-refractivity contribution is -0.274. The minimum Gasteiger partial charge on any atom is -0.463 e. The summed E-state index contributed by atoms with van der Waals surface area (Å²) in [6.45, 7) is 0.728. The number of amides is 1. The van der Waals surface area contributed by atoms with Gasteiger partial charge in [-0.3, -0.25) is 4.79 Å². The van der Waals surface area contributed by atoms with Gasteiger partial charge in [-0.2, -0.15) is 0 Å². The van der Waals surface area contributed by atoms with Crippen molar-refractivity contribution in [1.29, 1.82) is 0 Å². The Morgan fingerprint density at radius 2 is 2.13 bits per heavy atom. The molecule has 122 valence electrons. The van der Waals surface area contributed by atoms with Gasteiger partial charge in [0.1, 0.15) is 11.9 Å². The van der Waals surface area contributed by atoms with Gasteiger partial charge in [-0.15, -0.1) is 13.2 Å². The number of carbonyl (C=O) groups is 1. The Labute approximate surface area is 133 Å². The van der Waals surface area contributed by atoms with Crippen LogP contribution in [0, 0.1) is 0 Å².